The molecule has 2 unspecified atom stereocenters. The zero-order valence-electron chi connectivity index (χ0n) is 11.2. The van der Waals surface area contributed by atoms with Gasteiger partial charge in [-0.3, -0.25) is 14.9 Å². The maximum absolute atomic E-state index is 12.0. The van der Waals surface area contributed by atoms with Crippen molar-refractivity contribution in [2.45, 2.75) is 19.4 Å². The summed E-state index contributed by atoms with van der Waals surface area (Å²) in [4.78, 5) is 33.2. The number of benzene rings is 1. The van der Waals surface area contributed by atoms with Crippen LogP contribution >= 0.6 is 0 Å². The van der Waals surface area contributed by atoms with E-state index < -0.39 is 10.9 Å². The fourth-order valence-electron chi connectivity index (χ4n) is 2.17. The molecule has 0 bridgehead atoms. The van der Waals surface area contributed by atoms with Crippen molar-refractivity contribution in [3.63, 3.8) is 0 Å². The number of hydrogen-bond donors (Lipinski definition) is 2. The molecule has 0 radical (unpaired) electrons. The van der Waals surface area contributed by atoms with Gasteiger partial charge in [-0.2, -0.15) is 0 Å². The highest BCUT2D eigenvalue weighted by Crippen LogP contribution is 2.25. The Morgan fingerprint density at radius 3 is 2.71 bits per heavy atom. The third-order valence-electron chi connectivity index (χ3n) is 3.27. The van der Waals surface area contributed by atoms with Crippen LogP contribution in [0.15, 0.2) is 18.2 Å². The van der Waals surface area contributed by atoms with E-state index in [1.54, 1.807) is 0 Å². The highest BCUT2D eigenvalue weighted by atomic mass is 16.6. The molecule has 112 valence electrons. The van der Waals surface area contributed by atoms with Crippen LogP contribution in [0.5, 0.6) is 0 Å². The lowest BCUT2D eigenvalue weighted by molar-refractivity contribution is -0.384. The molecule has 1 fully saturated rings. The number of non-ortho nitro benzene ring substituents is 1. The molecule has 2 rings (SSSR count). The molecule has 1 aromatic rings. The van der Waals surface area contributed by atoms with E-state index in [-0.39, 0.29) is 41.5 Å². The number of nitro benzene ring substituents is 1. The summed E-state index contributed by atoms with van der Waals surface area (Å²) in [7, 11) is 0. The molecule has 8 nitrogen and oxygen atoms in total. The molecule has 0 spiro atoms. The van der Waals surface area contributed by atoms with Crippen molar-refractivity contribution >= 4 is 23.3 Å². The standard InChI is InChI=1S/C13H14N2O6/c1-7-4-8(6-21-7)12(16)14-11-3-2-9(15(19)20)5-10(11)13(17)18/h2-3,5,7-8H,4,6H2,1H3,(H,14,16)(H,17,18). The Bertz CT molecular complexity index is 600. The van der Waals surface area contributed by atoms with Crippen molar-refractivity contribution in [1.82, 2.24) is 0 Å². The number of rotatable bonds is 4. The maximum Gasteiger partial charge on any atom is 0.338 e. The van der Waals surface area contributed by atoms with Gasteiger partial charge in [0.05, 0.1) is 34.8 Å². The molecule has 2 N–H and O–H groups in total. The quantitative estimate of drug-likeness (QED) is 0.643. The summed E-state index contributed by atoms with van der Waals surface area (Å²) < 4.78 is 5.29. The van der Waals surface area contributed by atoms with Gasteiger partial charge in [0.2, 0.25) is 5.91 Å². The highest BCUT2D eigenvalue weighted by Gasteiger charge is 2.29. The number of hydrogen-bond acceptors (Lipinski definition) is 5. The first-order valence-electron chi connectivity index (χ1n) is 6.32. The number of carboxylic acids is 1. The first-order chi connectivity index (χ1) is 9.88. The highest BCUT2D eigenvalue weighted by molar-refractivity contribution is 6.01. The van der Waals surface area contributed by atoms with Gasteiger partial charge in [0.25, 0.3) is 5.69 Å². The van der Waals surface area contributed by atoms with Crippen molar-refractivity contribution in [2.24, 2.45) is 5.92 Å². The zero-order chi connectivity index (χ0) is 15.6. The molecule has 0 aromatic heterocycles. The van der Waals surface area contributed by atoms with Gasteiger partial charge in [-0.1, -0.05) is 0 Å². The average Bonchev–Trinajstić information content (AvgIpc) is 2.85. The SMILES string of the molecule is CC1CC(C(=O)Nc2ccc([N+](=O)[O-])cc2C(=O)O)CO1. The van der Waals surface area contributed by atoms with Gasteiger partial charge in [0.15, 0.2) is 0 Å². The summed E-state index contributed by atoms with van der Waals surface area (Å²) in [6.45, 7) is 2.13. The summed E-state index contributed by atoms with van der Waals surface area (Å²) in [5, 5.41) is 22.3. The number of carbonyl (C=O) groups is 2. The molecule has 0 saturated carbocycles. The lowest BCUT2D eigenvalue weighted by atomic mass is 10.0. The lowest BCUT2D eigenvalue weighted by Gasteiger charge is -2.11. The van der Waals surface area contributed by atoms with Crippen LogP contribution in [0.4, 0.5) is 11.4 Å². The van der Waals surface area contributed by atoms with E-state index in [1.807, 2.05) is 6.92 Å². The number of anilines is 1. The van der Waals surface area contributed by atoms with Crippen molar-refractivity contribution in [3.8, 4) is 0 Å². The van der Waals surface area contributed by atoms with E-state index in [1.165, 1.54) is 6.07 Å². The van der Waals surface area contributed by atoms with Crippen LogP contribution in [0.1, 0.15) is 23.7 Å². The summed E-state index contributed by atoms with van der Waals surface area (Å²) in [5.41, 5.74) is -0.620. The van der Waals surface area contributed by atoms with Gasteiger partial charge < -0.3 is 15.2 Å². The minimum atomic E-state index is -1.34. The Hall–Kier alpha value is -2.48. The van der Waals surface area contributed by atoms with E-state index in [4.69, 9.17) is 9.84 Å². The predicted octanol–water partition coefficient (Wildman–Crippen LogP) is 1.66. The molecule has 1 aliphatic rings. The van der Waals surface area contributed by atoms with Crippen molar-refractivity contribution < 1.29 is 24.4 Å². The van der Waals surface area contributed by atoms with Crippen molar-refractivity contribution in [2.75, 3.05) is 11.9 Å². The Kier molecular flexibility index (Phi) is 4.18. The van der Waals surface area contributed by atoms with E-state index in [9.17, 15) is 19.7 Å². The molecule has 0 aliphatic carbocycles. The molecule has 1 aliphatic heterocycles. The van der Waals surface area contributed by atoms with Crippen LogP contribution < -0.4 is 5.32 Å². The first-order valence-corrected chi connectivity index (χ1v) is 6.32. The van der Waals surface area contributed by atoms with Crippen LogP contribution in [0, 0.1) is 16.0 Å². The van der Waals surface area contributed by atoms with E-state index >= 15 is 0 Å². The van der Waals surface area contributed by atoms with Crippen molar-refractivity contribution in [1.29, 1.82) is 0 Å². The molecular weight excluding hydrogens is 280 g/mol. The molecule has 8 heteroatoms. The second-order valence-electron chi connectivity index (χ2n) is 4.86. The van der Waals surface area contributed by atoms with Gasteiger partial charge in [-0.05, 0) is 19.4 Å². The van der Waals surface area contributed by atoms with E-state index in [0.717, 1.165) is 12.1 Å². The van der Waals surface area contributed by atoms with E-state index in [2.05, 4.69) is 5.32 Å². The van der Waals surface area contributed by atoms with Crippen LogP contribution in [-0.4, -0.2) is 34.6 Å². The summed E-state index contributed by atoms with van der Waals surface area (Å²) in [5.74, 6) is -2.04. The third kappa shape index (κ3) is 3.34. The van der Waals surface area contributed by atoms with Crippen LogP contribution in [0.25, 0.3) is 0 Å². The first kappa shape index (κ1) is 14.9. The largest absolute Gasteiger partial charge is 0.478 e. The van der Waals surface area contributed by atoms with Gasteiger partial charge in [0.1, 0.15) is 0 Å². The molecular formula is C13H14N2O6. The monoisotopic (exact) mass is 294 g/mol. The summed E-state index contributed by atoms with van der Waals surface area (Å²) in [6.07, 6.45) is 0.540. The van der Waals surface area contributed by atoms with Gasteiger partial charge >= 0.3 is 5.97 Å². The second-order valence-corrected chi connectivity index (χ2v) is 4.86. The topological polar surface area (TPSA) is 119 Å². The second kappa shape index (κ2) is 5.88. The van der Waals surface area contributed by atoms with E-state index in [0.29, 0.717) is 6.42 Å². The summed E-state index contributed by atoms with van der Waals surface area (Å²) in [6, 6.07) is 3.29. The fraction of sp³-hybridized carbons (Fsp3) is 0.385. The molecule has 1 aromatic carbocycles. The number of carboxylic acid groups (broad SMARTS) is 1. The number of nitrogens with one attached hydrogen (secondary N) is 1. The van der Waals surface area contributed by atoms with Crippen LogP contribution in [0.3, 0.4) is 0 Å². The van der Waals surface area contributed by atoms with Gasteiger partial charge in [-0.15, -0.1) is 0 Å². The van der Waals surface area contributed by atoms with Crippen LogP contribution in [-0.2, 0) is 9.53 Å². The smallest absolute Gasteiger partial charge is 0.338 e. The lowest BCUT2D eigenvalue weighted by Crippen LogP contribution is -2.24. The Morgan fingerprint density at radius 2 is 2.19 bits per heavy atom. The molecule has 1 saturated heterocycles. The zero-order valence-corrected chi connectivity index (χ0v) is 11.2. The fourth-order valence-corrected chi connectivity index (χ4v) is 2.17. The normalized spacial score (nSPS) is 21.0. The molecule has 1 heterocycles. The summed E-state index contributed by atoms with van der Waals surface area (Å²) >= 11 is 0. The molecule has 21 heavy (non-hydrogen) atoms. The Morgan fingerprint density at radius 1 is 1.48 bits per heavy atom. The number of aromatic carboxylic acids is 1. The average molecular weight is 294 g/mol. The van der Waals surface area contributed by atoms with Crippen LogP contribution in [0.2, 0.25) is 0 Å². The van der Waals surface area contributed by atoms with Gasteiger partial charge in [-0.25, -0.2) is 4.79 Å². The van der Waals surface area contributed by atoms with Gasteiger partial charge in [0, 0.05) is 12.1 Å². The predicted molar refractivity (Wildman–Crippen MR) is 72.2 cm³/mol. The Labute approximate surface area is 119 Å². The maximum atomic E-state index is 12.0. The number of amides is 1. The number of nitrogens with zero attached hydrogens (tertiary/aromatic N) is 1. The Balaban J connectivity index is 2.21. The molecule has 2 atom stereocenters. The van der Waals surface area contributed by atoms with Crippen molar-refractivity contribution in [3.05, 3.63) is 33.9 Å². The third-order valence-corrected chi connectivity index (χ3v) is 3.27. The minimum absolute atomic E-state index is 0.0171. The number of nitro groups is 1. The molecule has 1 amide bonds. The minimum Gasteiger partial charge on any atom is -0.478 e. The number of carbonyl (C=O) groups excluding carboxylic acids is 1. The number of ether oxygens (including phenoxy) is 1.